The molecule has 0 bridgehead atoms. The van der Waals surface area contributed by atoms with E-state index in [0.717, 1.165) is 43.7 Å². The quantitative estimate of drug-likeness (QED) is 0.156. The molecule has 6 nitrogen and oxygen atoms in total. The molecule has 234 valence electrons. The molecule has 2 aromatic carbocycles. The van der Waals surface area contributed by atoms with Crippen LogP contribution >= 0.6 is 11.8 Å². The molecule has 2 rings (SSSR count). The summed E-state index contributed by atoms with van der Waals surface area (Å²) in [5.74, 6) is -1.68. The Balaban J connectivity index is 2.20. The molecule has 0 aliphatic rings. The predicted octanol–water partition coefficient (Wildman–Crippen LogP) is 5.69. The van der Waals surface area contributed by atoms with E-state index in [-0.39, 0.29) is 18.9 Å². The van der Waals surface area contributed by atoms with Gasteiger partial charge in [0.2, 0.25) is 11.8 Å². The minimum Gasteiger partial charge on any atom is -0.390 e. The minimum atomic E-state index is -1.05. The van der Waals surface area contributed by atoms with Crippen molar-refractivity contribution in [2.75, 3.05) is 12.3 Å². The van der Waals surface area contributed by atoms with E-state index in [4.69, 9.17) is 0 Å². The summed E-state index contributed by atoms with van der Waals surface area (Å²) in [6.45, 7) is 8.91. The highest BCUT2D eigenvalue weighted by Crippen LogP contribution is 2.22. The third-order valence-corrected chi connectivity index (χ3v) is 8.57. The van der Waals surface area contributed by atoms with E-state index in [1.807, 2.05) is 19.1 Å². The molecule has 3 atom stereocenters. The van der Waals surface area contributed by atoms with E-state index < -0.39 is 35.7 Å². The van der Waals surface area contributed by atoms with Crippen molar-refractivity contribution in [2.45, 2.75) is 109 Å². The Morgan fingerprint density at radius 3 is 2.17 bits per heavy atom. The van der Waals surface area contributed by atoms with Crippen LogP contribution in [0.15, 0.2) is 42.5 Å². The molecule has 4 N–H and O–H groups in total. The summed E-state index contributed by atoms with van der Waals surface area (Å²) in [6.07, 6.45) is 4.95. The number of hydrogen-bond acceptors (Lipinski definition) is 5. The van der Waals surface area contributed by atoms with Gasteiger partial charge in [-0.1, -0.05) is 64.8 Å². The average Bonchev–Trinajstić information content (AvgIpc) is 2.94. The maximum atomic E-state index is 14.0. The summed E-state index contributed by atoms with van der Waals surface area (Å²) in [5, 5.41) is 20.6. The van der Waals surface area contributed by atoms with Gasteiger partial charge in [0.25, 0.3) is 0 Å². The Morgan fingerprint density at radius 1 is 0.881 bits per heavy atom. The smallest absolute Gasteiger partial charge is 0.243 e. The molecular weight excluding hydrogens is 556 g/mol. The molecule has 9 heteroatoms. The van der Waals surface area contributed by atoms with Gasteiger partial charge in [0.1, 0.15) is 17.7 Å². The number of nitrogens with one attached hydrogen (secondary N) is 3. The van der Waals surface area contributed by atoms with E-state index >= 15 is 0 Å². The summed E-state index contributed by atoms with van der Waals surface area (Å²) in [4.78, 5) is 26.1. The molecule has 0 saturated carbocycles. The van der Waals surface area contributed by atoms with Crippen molar-refractivity contribution < 1.29 is 23.5 Å². The number of thioether (sulfide) groups is 1. The van der Waals surface area contributed by atoms with Gasteiger partial charge in [-0.15, -0.1) is 0 Å². The molecule has 0 spiro atoms. The zero-order valence-electron chi connectivity index (χ0n) is 25.6. The van der Waals surface area contributed by atoms with E-state index in [9.17, 15) is 23.5 Å². The van der Waals surface area contributed by atoms with Crippen molar-refractivity contribution in [1.29, 1.82) is 0 Å². The molecule has 0 aromatic heterocycles. The lowest BCUT2D eigenvalue weighted by Crippen LogP contribution is -2.55. The molecule has 0 aliphatic carbocycles. The Labute approximate surface area is 254 Å². The second kappa shape index (κ2) is 19.7. The number of amides is 2. The van der Waals surface area contributed by atoms with Gasteiger partial charge in [0.05, 0.1) is 12.1 Å². The number of halogens is 2. The molecule has 2 aromatic rings. The van der Waals surface area contributed by atoms with Crippen LogP contribution in [0.3, 0.4) is 0 Å². The predicted molar refractivity (Wildman–Crippen MR) is 168 cm³/mol. The monoisotopic (exact) mass is 605 g/mol. The van der Waals surface area contributed by atoms with Gasteiger partial charge in [0.15, 0.2) is 0 Å². The van der Waals surface area contributed by atoms with Crippen LogP contribution in [0.5, 0.6) is 0 Å². The maximum absolute atomic E-state index is 14.0. The van der Waals surface area contributed by atoms with Gasteiger partial charge in [0, 0.05) is 36.6 Å². The first-order valence-corrected chi connectivity index (χ1v) is 16.4. The summed E-state index contributed by atoms with van der Waals surface area (Å²) < 4.78 is 28.0. The molecular formula is C33H49F2N3O3S. The molecule has 0 fully saturated rings. The van der Waals surface area contributed by atoms with Crippen molar-refractivity contribution in [2.24, 2.45) is 0 Å². The number of carbonyl (C=O) groups excluding carboxylic acids is 2. The fourth-order valence-corrected chi connectivity index (χ4v) is 6.38. The van der Waals surface area contributed by atoms with E-state index in [0.29, 0.717) is 36.0 Å². The van der Waals surface area contributed by atoms with Gasteiger partial charge < -0.3 is 21.1 Å². The zero-order chi connectivity index (χ0) is 30.9. The second-order valence-electron chi connectivity index (χ2n) is 10.9. The highest BCUT2D eigenvalue weighted by molar-refractivity contribution is 7.99. The first kappa shape index (κ1) is 35.7. The van der Waals surface area contributed by atoms with Crippen LogP contribution in [-0.2, 0) is 29.0 Å². The maximum Gasteiger partial charge on any atom is 0.243 e. The fourth-order valence-electron chi connectivity index (χ4n) is 4.88. The number of aliphatic hydroxyl groups is 1. The molecule has 0 aliphatic heterocycles. The molecule has 0 saturated heterocycles. The number of aliphatic hydroxyl groups excluding tert-OH is 1. The standard InChI is InChI=1S/C33H49F2N3O3S/c1-5-10-28(11-6-2)42-22-30(37-32(40)12-7-3)33(41)38-29(18-25-16-26(34)19-27(35)17-25)31(39)21-36-20-24-14-9-13-23(8-4)15-24/h9,13-17,19,28-31,36,39H,5-8,10-12,18,20-22H2,1-4H3,(H,37,40)(H,38,41)/t29-,30+,31+/m0/s1. The van der Waals surface area contributed by atoms with Crippen LogP contribution in [0.4, 0.5) is 8.78 Å². The lowest BCUT2D eigenvalue weighted by atomic mass is 10.00. The average molecular weight is 606 g/mol. The van der Waals surface area contributed by atoms with Crippen molar-refractivity contribution >= 4 is 23.6 Å². The largest absolute Gasteiger partial charge is 0.390 e. The fraction of sp³-hybridized carbons (Fsp3) is 0.576. The number of carbonyl (C=O) groups is 2. The first-order valence-electron chi connectivity index (χ1n) is 15.3. The van der Waals surface area contributed by atoms with Crippen LogP contribution in [0.1, 0.15) is 82.9 Å². The second-order valence-corrected chi connectivity index (χ2v) is 12.2. The summed E-state index contributed by atoms with van der Waals surface area (Å²) in [7, 11) is 0. The van der Waals surface area contributed by atoms with Crippen LogP contribution in [0.25, 0.3) is 0 Å². The molecule has 0 unspecified atom stereocenters. The number of aryl methyl sites for hydroxylation is 1. The molecule has 0 heterocycles. The van der Waals surface area contributed by atoms with Crippen molar-refractivity contribution in [3.8, 4) is 0 Å². The van der Waals surface area contributed by atoms with Crippen LogP contribution < -0.4 is 16.0 Å². The third kappa shape index (κ3) is 13.2. The van der Waals surface area contributed by atoms with Crippen molar-refractivity contribution in [3.05, 3.63) is 70.8 Å². The van der Waals surface area contributed by atoms with Gasteiger partial charge in [-0.2, -0.15) is 11.8 Å². The van der Waals surface area contributed by atoms with Crippen molar-refractivity contribution in [1.82, 2.24) is 16.0 Å². The molecule has 42 heavy (non-hydrogen) atoms. The Bertz CT molecular complexity index is 1080. The highest BCUT2D eigenvalue weighted by Gasteiger charge is 2.28. The molecule has 0 radical (unpaired) electrons. The normalized spacial score (nSPS) is 13.5. The van der Waals surface area contributed by atoms with E-state index in [1.54, 1.807) is 11.8 Å². The van der Waals surface area contributed by atoms with Crippen molar-refractivity contribution in [3.63, 3.8) is 0 Å². The van der Waals surface area contributed by atoms with Crippen LogP contribution in [0, 0.1) is 11.6 Å². The lowest BCUT2D eigenvalue weighted by Gasteiger charge is -2.28. The summed E-state index contributed by atoms with van der Waals surface area (Å²) in [6, 6.07) is 9.70. The van der Waals surface area contributed by atoms with E-state index in [2.05, 4.69) is 48.9 Å². The van der Waals surface area contributed by atoms with Gasteiger partial charge >= 0.3 is 0 Å². The highest BCUT2D eigenvalue weighted by atomic mass is 32.2. The molecule has 2 amide bonds. The Hall–Kier alpha value is -2.49. The van der Waals surface area contributed by atoms with E-state index in [1.165, 1.54) is 17.7 Å². The lowest BCUT2D eigenvalue weighted by molar-refractivity contribution is -0.129. The summed E-state index contributed by atoms with van der Waals surface area (Å²) >= 11 is 1.68. The Kier molecular flexibility index (Phi) is 16.7. The zero-order valence-corrected chi connectivity index (χ0v) is 26.4. The Morgan fingerprint density at radius 2 is 1.55 bits per heavy atom. The van der Waals surface area contributed by atoms with Crippen LogP contribution in [-0.4, -0.2) is 52.7 Å². The SMILES string of the molecule is CCCC(=O)N[C@H](CSC(CCC)CCC)C(=O)N[C@@H](Cc1cc(F)cc(F)c1)[C@H](O)CNCc1cccc(CC)c1. The first-order chi connectivity index (χ1) is 20.2. The van der Waals surface area contributed by atoms with Gasteiger partial charge in [-0.3, -0.25) is 9.59 Å². The van der Waals surface area contributed by atoms with Gasteiger partial charge in [-0.25, -0.2) is 8.78 Å². The van der Waals surface area contributed by atoms with Gasteiger partial charge in [-0.05, 0) is 60.9 Å². The minimum absolute atomic E-state index is 0.0195. The topological polar surface area (TPSA) is 90.5 Å². The number of benzene rings is 2. The number of rotatable bonds is 20. The van der Waals surface area contributed by atoms with Crippen LogP contribution in [0.2, 0.25) is 0 Å². The third-order valence-electron chi connectivity index (χ3n) is 7.10. The number of hydrogen-bond donors (Lipinski definition) is 4. The summed E-state index contributed by atoms with van der Waals surface area (Å²) in [5.41, 5.74) is 2.60.